The third-order valence-corrected chi connectivity index (χ3v) is 1.66. The fourth-order valence-electron chi connectivity index (χ4n) is 0.927. The van der Waals surface area contributed by atoms with Crippen molar-refractivity contribution in [3.63, 3.8) is 0 Å². The molecule has 0 aromatic carbocycles. The Labute approximate surface area is 73.7 Å². The number of nitrogens with two attached hydrogens (primary N) is 1. The number of carbonyl (C=O) groups excluding carboxylic acids is 1. The van der Waals surface area contributed by atoms with Crippen molar-refractivity contribution in [1.82, 2.24) is 5.32 Å². The first-order chi connectivity index (χ1) is 5.74. The quantitative estimate of drug-likeness (QED) is 0.578. The number of unbranched alkanes of at least 4 members (excludes halogenated alkanes) is 1. The average Bonchev–Trinajstić information content (AvgIpc) is 2.11. The van der Waals surface area contributed by atoms with Gasteiger partial charge in [-0.2, -0.15) is 0 Å². The normalized spacial score (nSPS) is 11.8. The van der Waals surface area contributed by atoms with Gasteiger partial charge in [0, 0.05) is 12.6 Å². The summed E-state index contributed by atoms with van der Waals surface area (Å²) < 4.78 is 0. The fraction of sp³-hybridized carbons (Fsp3) is 0.667. The average molecular weight is 168 g/mol. The molecular formula is C9H16N2O. The second-order valence-corrected chi connectivity index (χ2v) is 2.69. The Balaban J connectivity index is 3.68. The third kappa shape index (κ3) is 4.75. The van der Waals surface area contributed by atoms with Crippen LogP contribution in [0.1, 0.15) is 26.2 Å². The summed E-state index contributed by atoms with van der Waals surface area (Å²) >= 11 is 0. The Morgan fingerprint density at radius 1 is 1.75 bits per heavy atom. The van der Waals surface area contributed by atoms with Crippen LogP contribution in [0.2, 0.25) is 0 Å². The Morgan fingerprint density at radius 2 is 2.42 bits per heavy atom. The van der Waals surface area contributed by atoms with Crippen molar-refractivity contribution in [1.29, 1.82) is 0 Å². The zero-order chi connectivity index (χ0) is 9.40. The first-order valence-electron chi connectivity index (χ1n) is 4.21. The van der Waals surface area contributed by atoms with Gasteiger partial charge in [-0.25, -0.2) is 0 Å². The lowest BCUT2D eigenvalue weighted by atomic mass is 10.1. The highest BCUT2D eigenvalue weighted by Gasteiger charge is 2.07. The number of hydrogen-bond acceptors (Lipinski definition) is 2. The SMILES string of the molecule is C#CC(=O)NC(CN)CCCC. The molecule has 0 aromatic heterocycles. The van der Waals surface area contributed by atoms with E-state index in [1.165, 1.54) is 0 Å². The molecule has 0 saturated heterocycles. The van der Waals surface area contributed by atoms with Crippen LogP contribution in [0.5, 0.6) is 0 Å². The summed E-state index contributed by atoms with van der Waals surface area (Å²) in [6.07, 6.45) is 7.97. The van der Waals surface area contributed by atoms with E-state index in [-0.39, 0.29) is 11.9 Å². The molecule has 1 atom stereocenters. The smallest absolute Gasteiger partial charge is 0.295 e. The highest BCUT2D eigenvalue weighted by atomic mass is 16.1. The maximum absolute atomic E-state index is 10.7. The van der Waals surface area contributed by atoms with Gasteiger partial charge in [-0.15, -0.1) is 6.42 Å². The minimum atomic E-state index is -0.374. The Kier molecular flexibility index (Phi) is 6.12. The maximum Gasteiger partial charge on any atom is 0.295 e. The minimum Gasteiger partial charge on any atom is -0.341 e. The van der Waals surface area contributed by atoms with E-state index in [9.17, 15) is 4.79 Å². The van der Waals surface area contributed by atoms with Gasteiger partial charge in [-0.05, 0) is 12.3 Å². The first-order valence-corrected chi connectivity index (χ1v) is 4.21. The van der Waals surface area contributed by atoms with Crippen LogP contribution in [0.3, 0.4) is 0 Å². The molecule has 3 N–H and O–H groups in total. The summed E-state index contributed by atoms with van der Waals surface area (Å²) in [6, 6.07) is 0.0356. The largest absolute Gasteiger partial charge is 0.341 e. The molecule has 12 heavy (non-hydrogen) atoms. The number of nitrogens with one attached hydrogen (secondary N) is 1. The molecular weight excluding hydrogens is 152 g/mol. The Hall–Kier alpha value is -1.01. The maximum atomic E-state index is 10.7. The third-order valence-electron chi connectivity index (χ3n) is 1.66. The number of carbonyl (C=O) groups is 1. The molecule has 0 aliphatic rings. The predicted molar refractivity (Wildman–Crippen MR) is 49.3 cm³/mol. The number of hydrogen-bond donors (Lipinski definition) is 2. The van der Waals surface area contributed by atoms with Crippen molar-refractivity contribution >= 4 is 5.91 Å². The van der Waals surface area contributed by atoms with Gasteiger partial charge in [-0.3, -0.25) is 4.79 Å². The summed E-state index contributed by atoms with van der Waals surface area (Å²) in [5.74, 6) is 1.63. The molecule has 68 valence electrons. The zero-order valence-corrected chi connectivity index (χ0v) is 7.47. The van der Waals surface area contributed by atoms with Crippen LogP contribution in [0.15, 0.2) is 0 Å². The molecule has 0 aromatic rings. The molecule has 0 aliphatic heterocycles. The van der Waals surface area contributed by atoms with Gasteiger partial charge >= 0.3 is 0 Å². The highest BCUT2D eigenvalue weighted by Crippen LogP contribution is 1.98. The van der Waals surface area contributed by atoms with E-state index >= 15 is 0 Å². The van der Waals surface area contributed by atoms with Gasteiger partial charge in [0.05, 0.1) is 0 Å². The van der Waals surface area contributed by atoms with Gasteiger partial charge in [0.25, 0.3) is 5.91 Å². The van der Waals surface area contributed by atoms with Crippen LogP contribution in [0.4, 0.5) is 0 Å². The van der Waals surface area contributed by atoms with Gasteiger partial charge in [0.2, 0.25) is 0 Å². The van der Waals surface area contributed by atoms with Crippen molar-refractivity contribution in [2.24, 2.45) is 5.73 Å². The summed E-state index contributed by atoms with van der Waals surface area (Å²) in [5.41, 5.74) is 5.43. The molecule has 0 bridgehead atoms. The lowest BCUT2D eigenvalue weighted by Gasteiger charge is -2.13. The van der Waals surface area contributed by atoms with E-state index in [2.05, 4.69) is 12.2 Å². The van der Waals surface area contributed by atoms with Crippen molar-refractivity contribution in [2.75, 3.05) is 6.54 Å². The van der Waals surface area contributed by atoms with E-state index in [0.29, 0.717) is 6.54 Å². The predicted octanol–water partition coefficient (Wildman–Crippen LogP) is 0.253. The van der Waals surface area contributed by atoms with Crippen molar-refractivity contribution in [3.05, 3.63) is 0 Å². The second kappa shape index (κ2) is 6.68. The van der Waals surface area contributed by atoms with Gasteiger partial charge in [0.1, 0.15) is 0 Å². The van der Waals surface area contributed by atoms with Crippen LogP contribution in [0, 0.1) is 12.3 Å². The van der Waals surface area contributed by atoms with Crippen LogP contribution in [-0.2, 0) is 4.79 Å². The monoisotopic (exact) mass is 168 g/mol. The van der Waals surface area contributed by atoms with E-state index in [0.717, 1.165) is 19.3 Å². The van der Waals surface area contributed by atoms with E-state index < -0.39 is 0 Å². The van der Waals surface area contributed by atoms with Crippen LogP contribution < -0.4 is 11.1 Å². The number of amides is 1. The zero-order valence-electron chi connectivity index (χ0n) is 7.47. The molecule has 1 unspecified atom stereocenters. The first kappa shape index (κ1) is 11.0. The van der Waals surface area contributed by atoms with Crippen LogP contribution in [-0.4, -0.2) is 18.5 Å². The molecule has 3 nitrogen and oxygen atoms in total. The van der Waals surface area contributed by atoms with E-state index in [1.54, 1.807) is 0 Å². The fourth-order valence-corrected chi connectivity index (χ4v) is 0.927. The molecule has 3 heteroatoms. The van der Waals surface area contributed by atoms with E-state index in [4.69, 9.17) is 12.2 Å². The molecule has 0 aliphatic carbocycles. The molecule has 0 rings (SSSR count). The second-order valence-electron chi connectivity index (χ2n) is 2.69. The Bertz CT molecular complexity index is 172. The van der Waals surface area contributed by atoms with Gasteiger partial charge < -0.3 is 11.1 Å². The molecule has 0 spiro atoms. The number of terminal acetylenes is 1. The summed E-state index contributed by atoms with van der Waals surface area (Å²) in [7, 11) is 0. The summed E-state index contributed by atoms with van der Waals surface area (Å²) in [5, 5.41) is 2.65. The molecule has 1 amide bonds. The lowest BCUT2D eigenvalue weighted by molar-refractivity contribution is -0.116. The molecule has 0 saturated carbocycles. The van der Waals surface area contributed by atoms with Crippen molar-refractivity contribution < 1.29 is 4.79 Å². The van der Waals surface area contributed by atoms with Crippen LogP contribution in [0.25, 0.3) is 0 Å². The molecule has 0 heterocycles. The topological polar surface area (TPSA) is 55.1 Å². The minimum absolute atomic E-state index is 0.0356. The molecule has 0 radical (unpaired) electrons. The van der Waals surface area contributed by atoms with Crippen LogP contribution >= 0.6 is 0 Å². The summed E-state index contributed by atoms with van der Waals surface area (Å²) in [4.78, 5) is 10.7. The van der Waals surface area contributed by atoms with Crippen molar-refractivity contribution in [2.45, 2.75) is 32.2 Å². The van der Waals surface area contributed by atoms with Crippen molar-refractivity contribution in [3.8, 4) is 12.3 Å². The molecule has 0 fully saturated rings. The number of rotatable bonds is 5. The standard InChI is InChI=1S/C9H16N2O/c1-3-5-6-8(7-10)11-9(12)4-2/h2,8H,3,5-7,10H2,1H3,(H,11,12). The van der Waals surface area contributed by atoms with E-state index in [1.807, 2.05) is 5.92 Å². The summed E-state index contributed by atoms with van der Waals surface area (Å²) in [6.45, 7) is 2.55. The Morgan fingerprint density at radius 3 is 2.83 bits per heavy atom. The van der Waals surface area contributed by atoms with Gasteiger partial charge in [-0.1, -0.05) is 19.8 Å². The lowest BCUT2D eigenvalue weighted by Crippen LogP contribution is -2.39. The van der Waals surface area contributed by atoms with Gasteiger partial charge in [0.15, 0.2) is 0 Å². The highest BCUT2D eigenvalue weighted by molar-refractivity contribution is 5.93.